The topological polar surface area (TPSA) is 50.1 Å². The number of hydrogen-bond donors (Lipinski definition) is 0. The van der Waals surface area contributed by atoms with Crippen LogP contribution in [0.1, 0.15) is 17.3 Å². The van der Waals surface area contributed by atoms with Crippen molar-refractivity contribution in [3.05, 3.63) is 47.7 Å². The van der Waals surface area contributed by atoms with Crippen molar-refractivity contribution in [3.8, 4) is 6.07 Å². The molecule has 0 heterocycles. The minimum Gasteiger partial charge on any atom is -0.500 e. The zero-order valence-corrected chi connectivity index (χ0v) is 8.43. The van der Waals surface area contributed by atoms with Crippen LogP contribution in [0.3, 0.4) is 0 Å². The average molecular weight is 201 g/mol. The van der Waals surface area contributed by atoms with Crippen LogP contribution in [0.25, 0.3) is 0 Å². The quantitative estimate of drug-likeness (QED) is 0.325. The highest BCUT2D eigenvalue weighted by Crippen LogP contribution is 2.07. The summed E-state index contributed by atoms with van der Waals surface area (Å²) in [6.45, 7) is 2.23. The van der Waals surface area contributed by atoms with Gasteiger partial charge in [-0.25, -0.2) is 0 Å². The zero-order valence-electron chi connectivity index (χ0n) is 8.43. The number of Topliss-reactive ketones (excluding diaryl/α,β-unsaturated/α-hetero) is 1. The van der Waals surface area contributed by atoms with Crippen LogP contribution in [0, 0.1) is 11.3 Å². The largest absolute Gasteiger partial charge is 0.500 e. The van der Waals surface area contributed by atoms with Gasteiger partial charge >= 0.3 is 0 Å². The Morgan fingerprint density at radius 2 is 2.13 bits per heavy atom. The van der Waals surface area contributed by atoms with E-state index in [1.165, 1.54) is 6.26 Å². The van der Waals surface area contributed by atoms with Gasteiger partial charge in [-0.15, -0.1) is 0 Å². The molecule has 0 aromatic heterocycles. The lowest BCUT2D eigenvalue weighted by Crippen LogP contribution is -2.02. The number of carbonyl (C=O) groups is 1. The molecule has 1 rings (SSSR count). The van der Waals surface area contributed by atoms with Crippen molar-refractivity contribution in [2.24, 2.45) is 0 Å². The van der Waals surface area contributed by atoms with Gasteiger partial charge in [0.05, 0.1) is 6.61 Å². The summed E-state index contributed by atoms with van der Waals surface area (Å²) in [4.78, 5) is 11.7. The standard InChI is InChI=1S/C12H11NO2/c1-2-15-9-11(8-13)12(14)10-6-4-3-5-7-10/h3-7,9H,2H2,1H3. The third kappa shape index (κ3) is 2.96. The fourth-order valence-electron chi connectivity index (χ4n) is 1.04. The molecule has 15 heavy (non-hydrogen) atoms. The third-order valence-corrected chi connectivity index (χ3v) is 1.77. The summed E-state index contributed by atoms with van der Waals surface area (Å²) in [7, 11) is 0. The lowest BCUT2D eigenvalue weighted by atomic mass is 10.1. The Balaban J connectivity index is 2.89. The molecular formula is C12H11NO2. The van der Waals surface area contributed by atoms with Gasteiger partial charge in [0.15, 0.2) is 0 Å². The molecule has 0 saturated carbocycles. The molecule has 0 unspecified atom stereocenters. The van der Waals surface area contributed by atoms with E-state index in [1.54, 1.807) is 31.2 Å². The highest BCUT2D eigenvalue weighted by molar-refractivity contribution is 6.11. The van der Waals surface area contributed by atoms with Crippen LogP contribution >= 0.6 is 0 Å². The molecule has 1 aromatic rings. The Hall–Kier alpha value is -2.08. The van der Waals surface area contributed by atoms with Crippen molar-refractivity contribution in [2.45, 2.75) is 6.92 Å². The maximum Gasteiger partial charge on any atom is 0.206 e. The number of ketones is 1. The lowest BCUT2D eigenvalue weighted by molar-refractivity contribution is 0.103. The monoisotopic (exact) mass is 201 g/mol. The van der Waals surface area contributed by atoms with Crippen molar-refractivity contribution in [1.29, 1.82) is 5.26 Å². The van der Waals surface area contributed by atoms with Crippen LogP contribution in [-0.2, 0) is 4.74 Å². The Morgan fingerprint density at radius 3 is 2.67 bits per heavy atom. The maximum absolute atomic E-state index is 11.7. The first-order chi connectivity index (χ1) is 7.29. The highest BCUT2D eigenvalue weighted by Gasteiger charge is 2.11. The molecule has 0 fully saturated rings. The van der Waals surface area contributed by atoms with Crippen molar-refractivity contribution in [2.75, 3.05) is 6.61 Å². The lowest BCUT2D eigenvalue weighted by Gasteiger charge is -1.99. The number of rotatable bonds is 4. The molecule has 0 saturated heterocycles. The third-order valence-electron chi connectivity index (χ3n) is 1.77. The Labute approximate surface area is 88.6 Å². The molecule has 0 atom stereocenters. The summed E-state index contributed by atoms with van der Waals surface area (Å²) >= 11 is 0. The molecule has 0 aliphatic rings. The van der Waals surface area contributed by atoms with E-state index in [0.29, 0.717) is 12.2 Å². The number of benzene rings is 1. The van der Waals surface area contributed by atoms with Gasteiger partial charge in [-0.2, -0.15) is 5.26 Å². The van der Waals surface area contributed by atoms with E-state index in [-0.39, 0.29) is 11.4 Å². The Kier molecular flexibility index (Phi) is 4.11. The van der Waals surface area contributed by atoms with Gasteiger partial charge in [-0.3, -0.25) is 4.79 Å². The van der Waals surface area contributed by atoms with Crippen LogP contribution in [0.4, 0.5) is 0 Å². The van der Waals surface area contributed by atoms with E-state index in [1.807, 2.05) is 12.1 Å². The van der Waals surface area contributed by atoms with E-state index in [2.05, 4.69) is 0 Å². The van der Waals surface area contributed by atoms with Crippen LogP contribution in [0.2, 0.25) is 0 Å². The number of allylic oxidation sites excluding steroid dienone is 1. The van der Waals surface area contributed by atoms with Gasteiger partial charge in [-0.05, 0) is 6.92 Å². The second-order valence-corrected chi connectivity index (χ2v) is 2.79. The molecule has 76 valence electrons. The van der Waals surface area contributed by atoms with Gasteiger partial charge in [0, 0.05) is 5.56 Å². The molecule has 3 nitrogen and oxygen atoms in total. The Bertz CT molecular complexity index is 401. The van der Waals surface area contributed by atoms with E-state index in [4.69, 9.17) is 10.00 Å². The number of nitriles is 1. The van der Waals surface area contributed by atoms with Crippen molar-refractivity contribution >= 4 is 5.78 Å². The highest BCUT2D eigenvalue weighted by atomic mass is 16.5. The summed E-state index contributed by atoms with van der Waals surface area (Å²) < 4.78 is 4.92. The van der Waals surface area contributed by atoms with Crippen molar-refractivity contribution in [1.82, 2.24) is 0 Å². The van der Waals surface area contributed by atoms with Gasteiger partial charge in [0.1, 0.15) is 17.9 Å². The minimum absolute atomic E-state index is 0.0167. The smallest absolute Gasteiger partial charge is 0.206 e. The predicted octanol–water partition coefficient (Wildman–Crippen LogP) is 2.31. The van der Waals surface area contributed by atoms with E-state index < -0.39 is 0 Å². The number of hydrogen-bond acceptors (Lipinski definition) is 3. The number of carbonyl (C=O) groups excluding carboxylic acids is 1. The minimum atomic E-state index is -0.313. The van der Waals surface area contributed by atoms with Crippen LogP contribution in [-0.4, -0.2) is 12.4 Å². The fourth-order valence-corrected chi connectivity index (χ4v) is 1.04. The van der Waals surface area contributed by atoms with E-state index >= 15 is 0 Å². The van der Waals surface area contributed by atoms with Crippen molar-refractivity contribution < 1.29 is 9.53 Å². The molecule has 0 aliphatic carbocycles. The molecule has 0 bridgehead atoms. The average Bonchev–Trinajstić information content (AvgIpc) is 2.31. The molecule has 0 spiro atoms. The van der Waals surface area contributed by atoms with Crippen LogP contribution < -0.4 is 0 Å². The molecule has 0 aliphatic heterocycles. The van der Waals surface area contributed by atoms with Gasteiger partial charge in [0.25, 0.3) is 0 Å². The first kappa shape index (κ1) is 11.0. The van der Waals surface area contributed by atoms with Gasteiger partial charge in [0.2, 0.25) is 5.78 Å². The summed E-state index contributed by atoms with van der Waals surface area (Å²) in [6, 6.07) is 10.5. The maximum atomic E-state index is 11.7. The van der Waals surface area contributed by atoms with Gasteiger partial charge in [-0.1, -0.05) is 30.3 Å². The fraction of sp³-hybridized carbons (Fsp3) is 0.167. The second kappa shape index (κ2) is 5.61. The van der Waals surface area contributed by atoms with Crippen LogP contribution in [0.15, 0.2) is 42.2 Å². The summed E-state index contributed by atoms with van der Waals surface area (Å²) in [5.41, 5.74) is 0.507. The number of ether oxygens (including phenoxy) is 1. The normalized spacial score (nSPS) is 10.5. The zero-order chi connectivity index (χ0) is 11.1. The van der Waals surface area contributed by atoms with E-state index in [9.17, 15) is 4.79 Å². The predicted molar refractivity (Wildman–Crippen MR) is 56.1 cm³/mol. The summed E-state index contributed by atoms with van der Waals surface area (Å²) in [5, 5.41) is 8.77. The molecule has 0 amide bonds. The molecule has 0 N–H and O–H groups in total. The van der Waals surface area contributed by atoms with E-state index in [0.717, 1.165) is 0 Å². The molecule has 0 radical (unpaired) electrons. The summed E-state index contributed by atoms with van der Waals surface area (Å²) in [6.07, 6.45) is 1.20. The molecular weight excluding hydrogens is 190 g/mol. The summed E-state index contributed by atoms with van der Waals surface area (Å²) in [5.74, 6) is -0.313. The van der Waals surface area contributed by atoms with Crippen molar-refractivity contribution in [3.63, 3.8) is 0 Å². The van der Waals surface area contributed by atoms with Crippen LogP contribution in [0.5, 0.6) is 0 Å². The Morgan fingerprint density at radius 1 is 1.47 bits per heavy atom. The second-order valence-electron chi connectivity index (χ2n) is 2.79. The molecule has 3 heteroatoms. The first-order valence-electron chi connectivity index (χ1n) is 4.61. The molecule has 1 aromatic carbocycles. The first-order valence-corrected chi connectivity index (χ1v) is 4.61. The number of nitrogens with zero attached hydrogens (tertiary/aromatic N) is 1. The SMILES string of the molecule is CCOC=C(C#N)C(=O)c1ccccc1. The van der Waals surface area contributed by atoms with Gasteiger partial charge < -0.3 is 4.74 Å².